The lowest BCUT2D eigenvalue weighted by atomic mass is 10.2. The van der Waals surface area contributed by atoms with Crippen LogP contribution in [0.25, 0.3) is 22.3 Å². The number of hydrogen-bond acceptors (Lipinski definition) is 7. The second-order valence-electron chi connectivity index (χ2n) is 5.11. The van der Waals surface area contributed by atoms with Gasteiger partial charge in [-0.25, -0.2) is 9.50 Å². The zero-order chi connectivity index (χ0) is 16.9. The Bertz CT molecular complexity index is 854. The van der Waals surface area contributed by atoms with E-state index in [2.05, 4.69) is 25.6 Å². The van der Waals surface area contributed by atoms with Crippen molar-refractivity contribution < 1.29 is 10.2 Å². The number of nitrogens with one attached hydrogen (secondary N) is 3. The van der Waals surface area contributed by atoms with Crippen LogP contribution < -0.4 is 5.32 Å². The van der Waals surface area contributed by atoms with E-state index in [0.29, 0.717) is 17.0 Å². The summed E-state index contributed by atoms with van der Waals surface area (Å²) in [4.78, 5) is 4.61. The molecule has 0 bridgehead atoms. The molecule has 0 spiro atoms. The first kappa shape index (κ1) is 15.8. The molecule has 0 saturated carbocycles. The molecule has 0 radical (unpaired) electrons. The molecule has 1 unspecified atom stereocenters. The molecule has 3 aromatic heterocycles. The number of nitrogens with zero attached hydrogens (tertiary/aromatic N) is 4. The second kappa shape index (κ2) is 7.02. The molecular formula is C15H17N7O2. The zero-order valence-corrected chi connectivity index (χ0v) is 12.7. The molecule has 24 heavy (non-hydrogen) atoms. The first-order chi connectivity index (χ1) is 11.7. The van der Waals surface area contributed by atoms with Crippen molar-refractivity contribution in [3.8, 4) is 11.3 Å². The Labute approximate surface area is 137 Å². The van der Waals surface area contributed by atoms with Gasteiger partial charge in [0.25, 0.3) is 0 Å². The van der Waals surface area contributed by atoms with Gasteiger partial charge in [0.15, 0.2) is 0 Å². The number of hydrogen-bond donors (Lipinski definition) is 5. The summed E-state index contributed by atoms with van der Waals surface area (Å²) in [5.41, 5.74) is 3.40. The highest BCUT2D eigenvalue weighted by Gasteiger charge is 2.12. The van der Waals surface area contributed by atoms with E-state index in [9.17, 15) is 5.11 Å². The summed E-state index contributed by atoms with van der Waals surface area (Å²) < 4.78 is 1.69. The van der Waals surface area contributed by atoms with E-state index >= 15 is 0 Å². The van der Waals surface area contributed by atoms with Crippen molar-refractivity contribution in [1.82, 2.24) is 30.1 Å². The monoisotopic (exact) mass is 327 g/mol. The third kappa shape index (κ3) is 3.16. The number of H-pyrrole nitrogens is 1. The van der Waals surface area contributed by atoms with Crippen LogP contribution >= 0.6 is 0 Å². The molecule has 0 saturated heterocycles. The van der Waals surface area contributed by atoms with Gasteiger partial charge in [0, 0.05) is 36.3 Å². The summed E-state index contributed by atoms with van der Waals surface area (Å²) in [6.07, 6.45) is 8.67. The summed E-state index contributed by atoms with van der Waals surface area (Å²) in [6.45, 7) is -0.157. The van der Waals surface area contributed by atoms with Crippen LogP contribution in [-0.4, -0.2) is 60.5 Å². The van der Waals surface area contributed by atoms with Gasteiger partial charge in [0.2, 0.25) is 0 Å². The Morgan fingerprint density at radius 2 is 2.38 bits per heavy atom. The van der Waals surface area contributed by atoms with E-state index in [1.54, 1.807) is 35.5 Å². The minimum absolute atomic E-state index is 0.173. The molecule has 0 aliphatic rings. The van der Waals surface area contributed by atoms with E-state index in [1.807, 2.05) is 6.07 Å². The van der Waals surface area contributed by atoms with E-state index in [-0.39, 0.29) is 13.2 Å². The average molecular weight is 327 g/mol. The van der Waals surface area contributed by atoms with Crippen LogP contribution in [0.1, 0.15) is 5.69 Å². The lowest BCUT2D eigenvalue weighted by molar-refractivity contribution is 0.0972. The van der Waals surface area contributed by atoms with Crippen LogP contribution in [0, 0.1) is 5.41 Å². The minimum Gasteiger partial charge on any atom is -0.394 e. The molecule has 3 heterocycles. The Hall–Kier alpha value is -3.04. The van der Waals surface area contributed by atoms with Crippen LogP contribution in [0.15, 0.2) is 37.1 Å². The number of aliphatic hydroxyl groups excluding tert-OH is 2. The molecule has 9 heteroatoms. The van der Waals surface area contributed by atoms with Gasteiger partial charge in [-0.3, -0.25) is 5.10 Å². The molecule has 3 rings (SSSR count). The van der Waals surface area contributed by atoms with Crippen LogP contribution in [0.4, 0.5) is 0 Å². The van der Waals surface area contributed by atoms with Crippen LogP contribution in [0.3, 0.4) is 0 Å². The molecule has 9 nitrogen and oxygen atoms in total. The standard InChI is InChI=1S/C15H17N7O2/c16-3-10(4-17-7-12(24)9-23)13-8-22-14(1-2-20-22)15(21-13)11-5-18-19-6-11/h1-6,8,12,16-17,23-24H,7,9H2,(H,18,19)/b10-4+,16-3?. The predicted octanol–water partition coefficient (Wildman–Crippen LogP) is 0.0527. The number of allylic oxidation sites excluding steroid dienone is 1. The summed E-state index contributed by atoms with van der Waals surface area (Å²) >= 11 is 0. The number of aromatic nitrogens is 5. The normalized spacial score (nSPS) is 13.2. The van der Waals surface area contributed by atoms with Crippen molar-refractivity contribution in [2.75, 3.05) is 13.2 Å². The quantitative estimate of drug-likeness (QED) is 0.389. The summed E-state index contributed by atoms with van der Waals surface area (Å²) in [6, 6.07) is 1.85. The third-order valence-electron chi connectivity index (χ3n) is 3.43. The molecule has 0 amide bonds. The maximum absolute atomic E-state index is 9.36. The molecule has 3 aromatic rings. The van der Waals surface area contributed by atoms with Gasteiger partial charge in [-0.15, -0.1) is 0 Å². The van der Waals surface area contributed by atoms with Gasteiger partial charge in [-0.2, -0.15) is 10.2 Å². The highest BCUT2D eigenvalue weighted by atomic mass is 16.3. The van der Waals surface area contributed by atoms with E-state index in [4.69, 9.17) is 10.5 Å². The predicted molar refractivity (Wildman–Crippen MR) is 88.4 cm³/mol. The number of aromatic amines is 1. The number of rotatable bonds is 7. The maximum Gasteiger partial charge on any atom is 0.0999 e. The number of fused-ring (bicyclic) bond motifs is 1. The van der Waals surface area contributed by atoms with Gasteiger partial charge in [0.05, 0.1) is 48.2 Å². The third-order valence-corrected chi connectivity index (χ3v) is 3.43. The highest BCUT2D eigenvalue weighted by Crippen LogP contribution is 2.23. The van der Waals surface area contributed by atoms with Crippen molar-refractivity contribution in [2.45, 2.75) is 6.10 Å². The van der Waals surface area contributed by atoms with Crippen molar-refractivity contribution >= 4 is 17.3 Å². The summed E-state index contributed by atoms with van der Waals surface area (Å²) in [7, 11) is 0. The number of aliphatic hydroxyl groups is 2. The highest BCUT2D eigenvalue weighted by molar-refractivity contribution is 6.07. The fourth-order valence-electron chi connectivity index (χ4n) is 2.22. The minimum atomic E-state index is -0.865. The fourth-order valence-corrected chi connectivity index (χ4v) is 2.22. The van der Waals surface area contributed by atoms with E-state index in [1.165, 1.54) is 0 Å². The van der Waals surface area contributed by atoms with E-state index < -0.39 is 6.10 Å². The summed E-state index contributed by atoms with van der Waals surface area (Å²) in [5, 5.41) is 39.6. The molecule has 5 N–H and O–H groups in total. The van der Waals surface area contributed by atoms with Crippen LogP contribution in [-0.2, 0) is 0 Å². The topological polar surface area (TPSA) is 135 Å². The lowest BCUT2D eigenvalue weighted by Gasteiger charge is -2.09. The Morgan fingerprint density at radius 1 is 1.50 bits per heavy atom. The van der Waals surface area contributed by atoms with Gasteiger partial charge in [-0.05, 0) is 6.07 Å². The lowest BCUT2D eigenvalue weighted by Crippen LogP contribution is -2.26. The Kier molecular flexibility index (Phi) is 4.64. The molecule has 0 aliphatic heterocycles. The first-order valence-corrected chi connectivity index (χ1v) is 7.29. The van der Waals surface area contributed by atoms with Crippen molar-refractivity contribution in [1.29, 1.82) is 5.41 Å². The molecule has 124 valence electrons. The maximum atomic E-state index is 9.36. The summed E-state index contributed by atoms with van der Waals surface area (Å²) in [5.74, 6) is 0. The zero-order valence-electron chi connectivity index (χ0n) is 12.7. The smallest absolute Gasteiger partial charge is 0.0999 e. The van der Waals surface area contributed by atoms with Gasteiger partial charge >= 0.3 is 0 Å². The van der Waals surface area contributed by atoms with E-state index in [0.717, 1.165) is 17.3 Å². The largest absolute Gasteiger partial charge is 0.394 e. The van der Waals surface area contributed by atoms with Crippen molar-refractivity contribution in [3.63, 3.8) is 0 Å². The van der Waals surface area contributed by atoms with Crippen molar-refractivity contribution in [2.24, 2.45) is 0 Å². The average Bonchev–Trinajstić information content (AvgIpc) is 3.28. The van der Waals surface area contributed by atoms with Crippen molar-refractivity contribution in [3.05, 3.63) is 42.7 Å². The molecule has 0 aliphatic carbocycles. The Morgan fingerprint density at radius 3 is 3.08 bits per heavy atom. The van der Waals surface area contributed by atoms with Crippen LogP contribution in [0.2, 0.25) is 0 Å². The molecule has 0 aromatic carbocycles. The SMILES string of the molecule is N=C/C(=C\NCC(O)CO)c1cn2nccc2c(-c2cn[nH]c2)n1. The Balaban J connectivity index is 1.99. The van der Waals surface area contributed by atoms with Gasteiger partial charge in [0.1, 0.15) is 0 Å². The van der Waals surface area contributed by atoms with Gasteiger partial charge < -0.3 is 20.9 Å². The molecule has 0 fully saturated rings. The molecular weight excluding hydrogens is 310 g/mol. The fraction of sp³-hybridized carbons (Fsp3) is 0.200. The van der Waals surface area contributed by atoms with Crippen LogP contribution in [0.5, 0.6) is 0 Å². The first-order valence-electron chi connectivity index (χ1n) is 7.29. The second-order valence-corrected chi connectivity index (χ2v) is 5.11. The van der Waals surface area contributed by atoms with Gasteiger partial charge in [-0.1, -0.05) is 0 Å². The molecule has 1 atom stereocenters.